The summed E-state index contributed by atoms with van der Waals surface area (Å²) in [7, 11) is 0. The Morgan fingerprint density at radius 2 is 2.31 bits per heavy atom. The van der Waals surface area contributed by atoms with E-state index < -0.39 is 0 Å². The van der Waals surface area contributed by atoms with Gasteiger partial charge in [-0.25, -0.2) is 0 Å². The van der Waals surface area contributed by atoms with E-state index in [1.54, 1.807) is 12.1 Å². The lowest BCUT2D eigenvalue weighted by Crippen LogP contribution is -2.32. The van der Waals surface area contributed by atoms with Gasteiger partial charge in [0.25, 0.3) is 0 Å². The van der Waals surface area contributed by atoms with Gasteiger partial charge in [-0.3, -0.25) is 0 Å². The van der Waals surface area contributed by atoms with Gasteiger partial charge in [0.1, 0.15) is 0 Å². The third-order valence-corrected chi connectivity index (χ3v) is 1.94. The average molecular weight is 201 g/mol. The summed E-state index contributed by atoms with van der Waals surface area (Å²) in [4.78, 5) is 0. The number of hydrogen-bond acceptors (Lipinski definition) is 3. The van der Waals surface area contributed by atoms with Crippen molar-refractivity contribution in [1.29, 1.82) is 0 Å². The second-order valence-corrected chi connectivity index (χ2v) is 3.21. The maximum absolute atomic E-state index is 8.88. The minimum Gasteiger partial charge on any atom is -0.394 e. The SMILES string of the molecule is NCC(CO)Nc1cccc(Cl)c1. The normalized spacial score (nSPS) is 12.5. The molecule has 0 heterocycles. The third kappa shape index (κ3) is 3.22. The Kier molecular flexibility index (Phi) is 4.02. The number of nitrogens with one attached hydrogen (secondary N) is 1. The quantitative estimate of drug-likeness (QED) is 0.682. The Hall–Kier alpha value is -0.770. The zero-order valence-corrected chi connectivity index (χ0v) is 7.96. The maximum Gasteiger partial charge on any atom is 0.0645 e. The molecule has 1 rings (SSSR count). The average Bonchev–Trinajstić information content (AvgIpc) is 2.14. The van der Waals surface area contributed by atoms with Gasteiger partial charge in [0, 0.05) is 17.3 Å². The van der Waals surface area contributed by atoms with Crippen LogP contribution < -0.4 is 11.1 Å². The van der Waals surface area contributed by atoms with Crippen LogP contribution in [0.2, 0.25) is 5.02 Å². The van der Waals surface area contributed by atoms with Crippen LogP contribution in [0.25, 0.3) is 0 Å². The zero-order valence-electron chi connectivity index (χ0n) is 7.20. The first-order valence-electron chi connectivity index (χ1n) is 4.09. The van der Waals surface area contributed by atoms with E-state index in [9.17, 15) is 0 Å². The van der Waals surface area contributed by atoms with Crippen molar-refractivity contribution in [1.82, 2.24) is 0 Å². The summed E-state index contributed by atoms with van der Waals surface area (Å²) >= 11 is 5.78. The summed E-state index contributed by atoms with van der Waals surface area (Å²) in [5.41, 5.74) is 6.29. The number of nitrogens with two attached hydrogens (primary N) is 1. The Bertz CT molecular complexity index is 264. The van der Waals surface area contributed by atoms with Crippen molar-refractivity contribution in [3.05, 3.63) is 29.3 Å². The van der Waals surface area contributed by atoms with Gasteiger partial charge in [-0.2, -0.15) is 0 Å². The molecule has 0 bridgehead atoms. The molecule has 1 atom stereocenters. The van der Waals surface area contributed by atoms with E-state index in [0.29, 0.717) is 11.6 Å². The van der Waals surface area contributed by atoms with Gasteiger partial charge in [-0.1, -0.05) is 17.7 Å². The highest BCUT2D eigenvalue weighted by Gasteiger charge is 2.03. The number of benzene rings is 1. The largest absolute Gasteiger partial charge is 0.394 e. The molecule has 0 fully saturated rings. The van der Waals surface area contributed by atoms with Crippen LogP contribution >= 0.6 is 11.6 Å². The van der Waals surface area contributed by atoms with Crippen molar-refractivity contribution in [3.8, 4) is 0 Å². The third-order valence-electron chi connectivity index (χ3n) is 1.70. The van der Waals surface area contributed by atoms with E-state index in [1.807, 2.05) is 12.1 Å². The van der Waals surface area contributed by atoms with Crippen molar-refractivity contribution in [2.75, 3.05) is 18.5 Å². The monoisotopic (exact) mass is 200 g/mol. The smallest absolute Gasteiger partial charge is 0.0645 e. The van der Waals surface area contributed by atoms with Crippen LogP contribution in [-0.2, 0) is 0 Å². The van der Waals surface area contributed by atoms with E-state index in [1.165, 1.54) is 0 Å². The van der Waals surface area contributed by atoms with Crippen molar-refractivity contribution in [3.63, 3.8) is 0 Å². The molecular formula is C9H13ClN2O. The number of aliphatic hydroxyl groups is 1. The highest BCUT2D eigenvalue weighted by molar-refractivity contribution is 6.30. The topological polar surface area (TPSA) is 58.3 Å². The second-order valence-electron chi connectivity index (χ2n) is 2.77. The Labute approximate surface area is 82.5 Å². The number of halogens is 1. The van der Waals surface area contributed by atoms with E-state index in [-0.39, 0.29) is 12.6 Å². The molecule has 0 aromatic heterocycles. The van der Waals surface area contributed by atoms with Crippen LogP contribution in [-0.4, -0.2) is 24.3 Å². The van der Waals surface area contributed by atoms with E-state index >= 15 is 0 Å². The minimum absolute atomic E-state index is 0.0169. The van der Waals surface area contributed by atoms with Crippen LogP contribution in [0.3, 0.4) is 0 Å². The first kappa shape index (κ1) is 10.3. The van der Waals surface area contributed by atoms with Crippen molar-refractivity contribution in [2.45, 2.75) is 6.04 Å². The predicted molar refractivity (Wildman–Crippen MR) is 55.0 cm³/mol. The molecule has 0 saturated heterocycles. The molecule has 4 N–H and O–H groups in total. The fourth-order valence-corrected chi connectivity index (χ4v) is 1.18. The summed E-state index contributed by atoms with van der Waals surface area (Å²) in [6, 6.07) is 7.20. The van der Waals surface area contributed by atoms with Crippen molar-refractivity contribution < 1.29 is 5.11 Å². The molecule has 1 aromatic rings. The molecule has 0 saturated carbocycles. The highest BCUT2D eigenvalue weighted by Crippen LogP contribution is 2.15. The number of rotatable bonds is 4. The molecule has 0 spiro atoms. The first-order valence-corrected chi connectivity index (χ1v) is 4.47. The molecule has 13 heavy (non-hydrogen) atoms. The van der Waals surface area contributed by atoms with Gasteiger partial charge in [-0.15, -0.1) is 0 Å². The first-order chi connectivity index (χ1) is 6.26. The Balaban J connectivity index is 2.62. The molecule has 72 valence electrons. The standard InChI is InChI=1S/C9H13ClN2O/c10-7-2-1-3-8(4-7)12-9(5-11)6-13/h1-4,9,12-13H,5-6,11H2. The van der Waals surface area contributed by atoms with Crippen LogP contribution in [0.4, 0.5) is 5.69 Å². The van der Waals surface area contributed by atoms with Crippen LogP contribution in [0.15, 0.2) is 24.3 Å². The second kappa shape index (κ2) is 5.07. The molecule has 1 aromatic carbocycles. The number of aliphatic hydroxyl groups excluding tert-OH is 1. The molecule has 0 aliphatic heterocycles. The van der Waals surface area contributed by atoms with Gasteiger partial charge in [-0.05, 0) is 18.2 Å². The molecule has 3 nitrogen and oxygen atoms in total. The predicted octanol–water partition coefficient (Wildman–Crippen LogP) is 1.07. The molecule has 4 heteroatoms. The molecule has 0 aliphatic rings. The molecule has 0 amide bonds. The Morgan fingerprint density at radius 3 is 2.85 bits per heavy atom. The number of hydrogen-bond donors (Lipinski definition) is 3. The van der Waals surface area contributed by atoms with E-state index in [0.717, 1.165) is 5.69 Å². The highest BCUT2D eigenvalue weighted by atomic mass is 35.5. The molecule has 0 aliphatic carbocycles. The molecule has 1 unspecified atom stereocenters. The Morgan fingerprint density at radius 1 is 1.54 bits per heavy atom. The lowest BCUT2D eigenvalue weighted by Gasteiger charge is -2.15. The minimum atomic E-state index is -0.113. The van der Waals surface area contributed by atoms with Crippen molar-refractivity contribution in [2.24, 2.45) is 5.73 Å². The summed E-state index contributed by atoms with van der Waals surface area (Å²) < 4.78 is 0. The van der Waals surface area contributed by atoms with E-state index in [4.69, 9.17) is 22.4 Å². The summed E-state index contributed by atoms with van der Waals surface area (Å²) in [6.07, 6.45) is 0. The molecular weight excluding hydrogens is 188 g/mol. The summed E-state index contributed by atoms with van der Waals surface area (Å²) in [6.45, 7) is 0.409. The number of anilines is 1. The lowest BCUT2D eigenvalue weighted by atomic mass is 10.2. The van der Waals surface area contributed by atoms with Gasteiger partial charge >= 0.3 is 0 Å². The van der Waals surface area contributed by atoms with Gasteiger partial charge < -0.3 is 16.2 Å². The van der Waals surface area contributed by atoms with E-state index in [2.05, 4.69) is 5.32 Å². The summed E-state index contributed by atoms with van der Waals surface area (Å²) in [5.74, 6) is 0. The van der Waals surface area contributed by atoms with Crippen molar-refractivity contribution >= 4 is 17.3 Å². The van der Waals surface area contributed by atoms with Crippen LogP contribution in [0, 0.1) is 0 Å². The zero-order chi connectivity index (χ0) is 9.68. The molecule has 0 radical (unpaired) electrons. The summed E-state index contributed by atoms with van der Waals surface area (Å²) in [5, 5.41) is 12.6. The van der Waals surface area contributed by atoms with Gasteiger partial charge in [0.15, 0.2) is 0 Å². The van der Waals surface area contributed by atoms with Gasteiger partial charge in [0.2, 0.25) is 0 Å². The maximum atomic E-state index is 8.88. The van der Waals surface area contributed by atoms with Crippen LogP contribution in [0.5, 0.6) is 0 Å². The lowest BCUT2D eigenvalue weighted by molar-refractivity contribution is 0.276. The fraction of sp³-hybridized carbons (Fsp3) is 0.333. The van der Waals surface area contributed by atoms with Gasteiger partial charge in [0.05, 0.1) is 12.6 Å². The van der Waals surface area contributed by atoms with Crippen LogP contribution in [0.1, 0.15) is 0 Å². The fourth-order valence-electron chi connectivity index (χ4n) is 0.993.